The first kappa shape index (κ1) is 24.1. The Morgan fingerprint density at radius 1 is 1.39 bits per heavy atom. The number of nitrogens with one attached hydrogen (secondary N) is 2. The molecule has 2 heterocycles. The zero-order valence-corrected chi connectivity index (χ0v) is 18.3. The van der Waals surface area contributed by atoms with E-state index in [1.165, 1.54) is 19.1 Å². The molecule has 0 bridgehead atoms. The normalized spacial score (nSPS) is 15.5. The Labute approximate surface area is 184 Å². The van der Waals surface area contributed by atoms with Crippen molar-refractivity contribution in [1.82, 2.24) is 10.3 Å². The van der Waals surface area contributed by atoms with Crippen LogP contribution in [0.5, 0.6) is 0 Å². The number of allylic oxidation sites excluding steroid dienone is 3. The van der Waals surface area contributed by atoms with Crippen LogP contribution < -0.4 is 16.4 Å². The lowest BCUT2D eigenvalue weighted by atomic mass is 10.1. The predicted octanol–water partition coefficient (Wildman–Crippen LogP) is 3.76. The quantitative estimate of drug-likeness (QED) is 0.230. The third-order valence-corrected chi connectivity index (χ3v) is 4.52. The maximum atomic E-state index is 13.2. The number of pyridine rings is 1. The van der Waals surface area contributed by atoms with Crippen LogP contribution in [0.3, 0.4) is 0 Å². The van der Waals surface area contributed by atoms with Crippen molar-refractivity contribution < 1.29 is 8.78 Å². The average molecular weight is 451 g/mol. The van der Waals surface area contributed by atoms with Crippen LogP contribution in [-0.2, 0) is 0 Å². The number of hydrogen-bond acceptors (Lipinski definition) is 6. The Morgan fingerprint density at radius 3 is 2.71 bits per heavy atom. The Bertz CT molecular complexity index is 974. The summed E-state index contributed by atoms with van der Waals surface area (Å²) >= 11 is 6.29. The molecule has 31 heavy (non-hydrogen) atoms. The number of halogens is 3. The molecule has 0 amide bonds. The van der Waals surface area contributed by atoms with Crippen LogP contribution >= 0.6 is 11.6 Å². The molecule has 166 valence electrons. The standard InChI is InChI=1S/C20H25ClF2N8/c1-12(20(3,22)23)5-6-17(25-4)29-19(24)27-8-7-26-18-15(21)10-14(11-28-18)16-9-13(2)30-31-16/h5-6,10-11H,4,7-9H2,1-3H3,(H,26,28)(H3,24,27,29)/b12-5+,17-6+. The van der Waals surface area contributed by atoms with Crippen LogP contribution in [0.4, 0.5) is 14.6 Å². The van der Waals surface area contributed by atoms with E-state index < -0.39 is 5.92 Å². The number of nitrogens with zero attached hydrogens (tertiary/aromatic N) is 5. The molecule has 0 saturated heterocycles. The summed E-state index contributed by atoms with van der Waals surface area (Å²) in [5, 5.41) is 14.4. The second kappa shape index (κ2) is 10.8. The summed E-state index contributed by atoms with van der Waals surface area (Å²) in [5.74, 6) is -2.14. The monoisotopic (exact) mass is 450 g/mol. The highest BCUT2D eigenvalue weighted by atomic mass is 35.5. The van der Waals surface area contributed by atoms with Gasteiger partial charge in [0.1, 0.15) is 11.6 Å². The van der Waals surface area contributed by atoms with E-state index in [0.717, 1.165) is 23.9 Å². The Morgan fingerprint density at radius 2 is 2.13 bits per heavy atom. The van der Waals surface area contributed by atoms with Crippen LogP contribution in [0, 0.1) is 0 Å². The number of alkyl halides is 2. The van der Waals surface area contributed by atoms with E-state index in [1.807, 2.05) is 6.92 Å². The van der Waals surface area contributed by atoms with E-state index in [0.29, 0.717) is 30.4 Å². The summed E-state index contributed by atoms with van der Waals surface area (Å²) in [6, 6.07) is 1.78. The summed E-state index contributed by atoms with van der Waals surface area (Å²) in [5.41, 5.74) is 8.28. The van der Waals surface area contributed by atoms with Crippen molar-refractivity contribution in [3.8, 4) is 0 Å². The van der Waals surface area contributed by atoms with E-state index in [2.05, 4.69) is 42.5 Å². The molecule has 1 aliphatic rings. The lowest BCUT2D eigenvalue weighted by Crippen LogP contribution is -2.31. The number of nitrogens with two attached hydrogens (primary N) is 1. The van der Waals surface area contributed by atoms with Gasteiger partial charge >= 0.3 is 0 Å². The fourth-order valence-corrected chi connectivity index (χ4v) is 2.58. The SMILES string of the molecule is C=N/C(=C\C=C(/C)C(C)(F)F)NC(N)=NCCNc1ncc(C2=NN=C(C)C2)cc1Cl. The minimum absolute atomic E-state index is 0.0683. The van der Waals surface area contributed by atoms with Crippen LogP contribution in [0.2, 0.25) is 5.02 Å². The summed E-state index contributed by atoms with van der Waals surface area (Å²) in [7, 11) is 0. The molecule has 1 aromatic heterocycles. The maximum Gasteiger partial charge on any atom is 0.266 e. The van der Waals surface area contributed by atoms with Crippen molar-refractivity contribution in [3.63, 3.8) is 0 Å². The third-order valence-electron chi connectivity index (χ3n) is 4.24. The zero-order chi connectivity index (χ0) is 23.0. The van der Waals surface area contributed by atoms with Gasteiger partial charge in [0.2, 0.25) is 0 Å². The molecule has 4 N–H and O–H groups in total. The second-order valence-electron chi connectivity index (χ2n) is 6.88. The van der Waals surface area contributed by atoms with Crippen molar-refractivity contribution in [2.45, 2.75) is 33.1 Å². The summed E-state index contributed by atoms with van der Waals surface area (Å²) in [6.07, 6.45) is 4.96. The van der Waals surface area contributed by atoms with E-state index in [1.54, 1.807) is 12.3 Å². The van der Waals surface area contributed by atoms with Crippen molar-refractivity contribution in [2.24, 2.45) is 25.9 Å². The molecule has 2 rings (SSSR count). The highest BCUT2D eigenvalue weighted by molar-refractivity contribution is 6.33. The highest BCUT2D eigenvalue weighted by Gasteiger charge is 2.22. The van der Waals surface area contributed by atoms with Crippen molar-refractivity contribution in [3.05, 3.63) is 46.4 Å². The van der Waals surface area contributed by atoms with Gasteiger partial charge < -0.3 is 16.4 Å². The minimum atomic E-state index is -2.92. The molecule has 0 atom stereocenters. The number of rotatable bonds is 9. The molecule has 11 heteroatoms. The fourth-order valence-electron chi connectivity index (χ4n) is 2.35. The zero-order valence-electron chi connectivity index (χ0n) is 17.6. The molecule has 0 unspecified atom stereocenters. The Hall–Kier alpha value is -3.14. The molecule has 0 spiro atoms. The third kappa shape index (κ3) is 7.56. The molecule has 0 aliphatic carbocycles. The topological polar surface area (TPSA) is 112 Å². The first-order valence-electron chi connectivity index (χ1n) is 9.40. The van der Waals surface area contributed by atoms with Gasteiger partial charge in [0.15, 0.2) is 5.96 Å². The molecule has 1 aromatic rings. The fraction of sp³-hybridized carbons (Fsp3) is 0.350. The number of guanidine groups is 1. The molecule has 1 aliphatic heterocycles. The Balaban J connectivity index is 1.87. The first-order chi connectivity index (χ1) is 14.6. The van der Waals surface area contributed by atoms with Gasteiger partial charge in [-0.15, -0.1) is 0 Å². The summed E-state index contributed by atoms with van der Waals surface area (Å²) in [6.45, 7) is 8.16. The van der Waals surface area contributed by atoms with E-state index >= 15 is 0 Å². The lowest BCUT2D eigenvalue weighted by Gasteiger charge is -2.10. The Kier molecular flexibility index (Phi) is 8.38. The second-order valence-corrected chi connectivity index (χ2v) is 7.29. The van der Waals surface area contributed by atoms with E-state index in [-0.39, 0.29) is 17.4 Å². The van der Waals surface area contributed by atoms with Crippen molar-refractivity contribution in [1.29, 1.82) is 0 Å². The average Bonchev–Trinajstić information content (AvgIpc) is 3.14. The lowest BCUT2D eigenvalue weighted by molar-refractivity contribution is 0.0635. The van der Waals surface area contributed by atoms with E-state index in [4.69, 9.17) is 17.3 Å². The van der Waals surface area contributed by atoms with Crippen LogP contribution in [-0.4, -0.2) is 48.1 Å². The molecular formula is C20H25ClF2N8. The van der Waals surface area contributed by atoms with Gasteiger partial charge in [-0.05, 0) is 38.3 Å². The molecule has 0 saturated carbocycles. The van der Waals surface area contributed by atoms with Gasteiger partial charge in [-0.25, -0.2) is 18.8 Å². The summed E-state index contributed by atoms with van der Waals surface area (Å²) in [4.78, 5) is 12.2. The van der Waals surface area contributed by atoms with Crippen LogP contribution in [0.15, 0.2) is 56.0 Å². The van der Waals surface area contributed by atoms with Crippen molar-refractivity contribution in [2.75, 3.05) is 18.4 Å². The molecule has 8 nitrogen and oxygen atoms in total. The summed E-state index contributed by atoms with van der Waals surface area (Å²) < 4.78 is 26.4. The number of aliphatic imine (C=N–C) groups is 2. The van der Waals surface area contributed by atoms with Gasteiger partial charge in [0.25, 0.3) is 5.92 Å². The first-order valence-corrected chi connectivity index (χ1v) is 9.78. The molecule has 0 fully saturated rings. The highest BCUT2D eigenvalue weighted by Crippen LogP contribution is 2.23. The van der Waals surface area contributed by atoms with Gasteiger partial charge in [-0.1, -0.05) is 17.7 Å². The largest absolute Gasteiger partial charge is 0.370 e. The number of aromatic nitrogens is 1. The smallest absolute Gasteiger partial charge is 0.266 e. The maximum absolute atomic E-state index is 13.2. The number of anilines is 1. The predicted molar refractivity (Wildman–Crippen MR) is 124 cm³/mol. The van der Waals surface area contributed by atoms with Gasteiger partial charge in [-0.3, -0.25) is 4.99 Å². The molecule has 0 radical (unpaired) electrons. The van der Waals surface area contributed by atoms with Gasteiger partial charge in [0.05, 0.1) is 17.3 Å². The van der Waals surface area contributed by atoms with Crippen molar-refractivity contribution >= 4 is 41.5 Å². The van der Waals surface area contributed by atoms with Crippen LogP contribution in [0.25, 0.3) is 0 Å². The van der Waals surface area contributed by atoms with Crippen LogP contribution in [0.1, 0.15) is 32.8 Å². The minimum Gasteiger partial charge on any atom is -0.370 e. The molecule has 0 aromatic carbocycles. The van der Waals surface area contributed by atoms with Gasteiger partial charge in [-0.2, -0.15) is 10.2 Å². The number of hydrogen-bond donors (Lipinski definition) is 3. The molecular weight excluding hydrogens is 426 g/mol. The van der Waals surface area contributed by atoms with Gasteiger partial charge in [0, 0.05) is 37.4 Å². The van der Waals surface area contributed by atoms with E-state index in [9.17, 15) is 8.78 Å².